The molecule has 0 aromatic carbocycles. The van der Waals surface area contributed by atoms with Gasteiger partial charge in [0.25, 0.3) is 0 Å². The molecule has 1 aliphatic rings. The Labute approximate surface area is 92.8 Å². The zero-order valence-corrected chi connectivity index (χ0v) is 9.95. The Morgan fingerprint density at radius 2 is 2.14 bits per heavy atom. The van der Waals surface area contributed by atoms with Crippen molar-refractivity contribution in [3.05, 3.63) is 12.3 Å². The van der Waals surface area contributed by atoms with Gasteiger partial charge < -0.3 is 4.74 Å². The minimum absolute atomic E-state index is 0.451. The third kappa shape index (κ3) is 2.36. The summed E-state index contributed by atoms with van der Waals surface area (Å²) in [5.74, 6) is 0.912. The molecule has 0 amide bonds. The molecule has 0 spiro atoms. The van der Waals surface area contributed by atoms with E-state index in [0.717, 1.165) is 10.8 Å². The normalized spacial score (nSPS) is 15.6. The molecule has 1 aliphatic carbocycles. The molecule has 0 atom stereocenters. The van der Waals surface area contributed by atoms with Gasteiger partial charge in [0.15, 0.2) is 0 Å². The number of hydrogen-bond acceptors (Lipinski definition) is 4. The number of hydrogen-bond donors (Lipinski definition) is 0. The standard InChI is InChI=1S/C10H13NOS2/c1-13-9-5-8(12-7-3-4-7)6-11-10(9)14-2/h5-7H,3-4H2,1-2H3. The van der Waals surface area contributed by atoms with E-state index in [0.29, 0.717) is 6.10 Å². The average molecular weight is 227 g/mol. The SMILES string of the molecule is CSc1cc(OC2CC2)cnc1SC. The van der Waals surface area contributed by atoms with Crippen LogP contribution in [0.15, 0.2) is 22.2 Å². The summed E-state index contributed by atoms with van der Waals surface area (Å²) in [5.41, 5.74) is 0. The van der Waals surface area contributed by atoms with E-state index >= 15 is 0 Å². The molecular weight excluding hydrogens is 214 g/mol. The van der Waals surface area contributed by atoms with Crippen LogP contribution < -0.4 is 4.74 Å². The van der Waals surface area contributed by atoms with E-state index in [9.17, 15) is 0 Å². The fourth-order valence-corrected chi connectivity index (χ4v) is 2.54. The van der Waals surface area contributed by atoms with Gasteiger partial charge in [-0.2, -0.15) is 0 Å². The van der Waals surface area contributed by atoms with Crippen LogP contribution in [0.5, 0.6) is 5.75 Å². The predicted molar refractivity (Wildman–Crippen MR) is 61.4 cm³/mol. The Kier molecular flexibility index (Phi) is 3.23. The van der Waals surface area contributed by atoms with Crippen molar-refractivity contribution in [3.63, 3.8) is 0 Å². The van der Waals surface area contributed by atoms with Crippen LogP contribution >= 0.6 is 23.5 Å². The molecule has 1 saturated carbocycles. The molecule has 76 valence electrons. The third-order valence-corrected chi connectivity index (χ3v) is 3.63. The molecule has 0 radical (unpaired) electrons. The first-order valence-electron chi connectivity index (χ1n) is 4.58. The molecule has 0 N–H and O–H groups in total. The second-order valence-corrected chi connectivity index (χ2v) is 4.84. The van der Waals surface area contributed by atoms with E-state index in [1.807, 2.05) is 12.5 Å². The molecule has 2 nitrogen and oxygen atoms in total. The van der Waals surface area contributed by atoms with Crippen molar-refractivity contribution in [1.82, 2.24) is 4.98 Å². The monoisotopic (exact) mass is 227 g/mol. The first-order valence-corrected chi connectivity index (χ1v) is 7.03. The van der Waals surface area contributed by atoms with Crippen molar-refractivity contribution in [1.29, 1.82) is 0 Å². The van der Waals surface area contributed by atoms with E-state index in [1.165, 1.54) is 17.7 Å². The van der Waals surface area contributed by atoms with E-state index < -0.39 is 0 Å². The first-order chi connectivity index (χ1) is 6.83. The lowest BCUT2D eigenvalue weighted by Gasteiger charge is -2.07. The van der Waals surface area contributed by atoms with E-state index in [4.69, 9.17) is 4.74 Å². The van der Waals surface area contributed by atoms with Gasteiger partial charge in [-0.15, -0.1) is 23.5 Å². The Morgan fingerprint density at radius 1 is 1.36 bits per heavy atom. The highest BCUT2D eigenvalue weighted by atomic mass is 32.2. The van der Waals surface area contributed by atoms with E-state index in [-0.39, 0.29) is 0 Å². The van der Waals surface area contributed by atoms with Crippen LogP contribution in [-0.4, -0.2) is 23.6 Å². The zero-order chi connectivity index (χ0) is 9.97. The summed E-state index contributed by atoms with van der Waals surface area (Å²) in [5, 5.41) is 1.08. The van der Waals surface area contributed by atoms with Gasteiger partial charge in [0.1, 0.15) is 10.8 Å². The van der Waals surface area contributed by atoms with Crippen molar-refractivity contribution in [3.8, 4) is 5.75 Å². The maximum atomic E-state index is 5.68. The number of ether oxygens (including phenoxy) is 1. The minimum atomic E-state index is 0.451. The molecule has 1 heterocycles. The lowest BCUT2D eigenvalue weighted by molar-refractivity contribution is 0.300. The van der Waals surface area contributed by atoms with Gasteiger partial charge >= 0.3 is 0 Å². The smallest absolute Gasteiger partial charge is 0.139 e. The fourth-order valence-electron chi connectivity index (χ4n) is 1.16. The molecule has 14 heavy (non-hydrogen) atoms. The zero-order valence-electron chi connectivity index (χ0n) is 8.32. The molecule has 0 unspecified atom stereocenters. The van der Waals surface area contributed by atoms with Crippen molar-refractivity contribution in [2.75, 3.05) is 12.5 Å². The minimum Gasteiger partial charge on any atom is -0.489 e. The Balaban J connectivity index is 2.16. The van der Waals surface area contributed by atoms with Gasteiger partial charge in [-0.3, -0.25) is 0 Å². The molecule has 1 aromatic heterocycles. The number of thioether (sulfide) groups is 2. The van der Waals surface area contributed by atoms with Gasteiger partial charge in [0.05, 0.1) is 12.3 Å². The van der Waals surface area contributed by atoms with Gasteiger partial charge in [-0.05, 0) is 31.4 Å². The maximum absolute atomic E-state index is 5.68. The third-order valence-electron chi connectivity index (χ3n) is 2.03. The van der Waals surface area contributed by atoms with Crippen LogP contribution in [0.4, 0.5) is 0 Å². The summed E-state index contributed by atoms with van der Waals surface area (Å²) in [6, 6.07) is 2.09. The van der Waals surface area contributed by atoms with Crippen LogP contribution in [0.1, 0.15) is 12.8 Å². The Bertz CT molecular complexity index is 326. The van der Waals surface area contributed by atoms with Gasteiger partial charge in [-0.1, -0.05) is 0 Å². The van der Waals surface area contributed by atoms with Gasteiger partial charge in [0, 0.05) is 4.90 Å². The van der Waals surface area contributed by atoms with Crippen LogP contribution in [-0.2, 0) is 0 Å². The number of pyridine rings is 1. The summed E-state index contributed by atoms with van der Waals surface area (Å²) in [7, 11) is 0. The lowest BCUT2D eigenvalue weighted by atomic mass is 10.4. The number of nitrogens with zero attached hydrogens (tertiary/aromatic N) is 1. The molecule has 1 fully saturated rings. The first kappa shape index (κ1) is 10.2. The molecule has 2 rings (SSSR count). The Morgan fingerprint density at radius 3 is 2.71 bits per heavy atom. The summed E-state index contributed by atoms with van der Waals surface area (Å²) >= 11 is 3.39. The second kappa shape index (κ2) is 4.45. The molecule has 0 bridgehead atoms. The topological polar surface area (TPSA) is 22.1 Å². The summed E-state index contributed by atoms with van der Waals surface area (Å²) in [6.45, 7) is 0. The fraction of sp³-hybridized carbons (Fsp3) is 0.500. The highest BCUT2D eigenvalue weighted by Gasteiger charge is 2.23. The summed E-state index contributed by atoms with van der Waals surface area (Å²) < 4.78 is 5.68. The molecular formula is C10H13NOS2. The van der Waals surface area contributed by atoms with Crippen molar-refractivity contribution in [2.24, 2.45) is 0 Å². The van der Waals surface area contributed by atoms with Crippen LogP contribution in [0, 0.1) is 0 Å². The Hall–Kier alpha value is -0.350. The summed E-state index contributed by atoms with van der Waals surface area (Å²) in [6.07, 6.45) is 8.77. The van der Waals surface area contributed by atoms with E-state index in [1.54, 1.807) is 23.5 Å². The second-order valence-electron chi connectivity index (χ2n) is 3.20. The molecule has 4 heteroatoms. The van der Waals surface area contributed by atoms with E-state index in [2.05, 4.69) is 17.3 Å². The number of rotatable bonds is 4. The number of aromatic nitrogens is 1. The molecule has 0 aliphatic heterocycles. The largest absolute Gasteiger partial charge is 0.489 e. The molecule has 1 aromatic rings. The lowest BCUT2D eigenvalue weighted by Crippen LogP contribution is -1.97. The van der Waals surface area contributed by atoms with Crippen molar-refractivity contribution < 1.29 is 4.74 Å². The van der Waals surface area contributed by atoms with Crippen LogP contribution in [0.2, 0.25) is 0 Å². The van der Waals surface area contributed by atoms with Crippen molar-refractivity contribution in [2.45, 2.75) is 28.9 Å². The highest BCUT2D eigenvalue weighted by molar-refractivity contribution is 8.01. The summed E-state index contributed by atoms with van der Waals surface area (Å²) in [4.78, 5) is 5.57. The quantitative estimate of drug-likeness (QED) is 0.737. The predicted octanol–water partition coefficient (Wildman–Crippen LogP) is 3.07. The maximum Gasteiger partial charge on any atom is 0.139 e. The van der Waals surface area contributed by atoms with Gasteiger partial charge in [0.2, 0.25) is 0 Å². The van der Waals surface area contributed by atoms with Gasteiger partial charge in [-0.25, -0.2) is 4.98 Å². The molecule has 0 saturated heterocycles. The van der Waals surface area contributed by atoms with Crippen LogP contribution in [0.25, 0.3) is 0 Å². The highest BCUT2D eigenvalue weighted by Crippen LogP contribution is 2.32. The van der Waals surface area contributed by atoms with Crippen LogP contribution in [0.3, 0.4) is 0 Å². The average Bonchev–Trinajstić information content (AvgIpc) is 3.01. The van der Waals surface area contributed by atoms with Crippen molar-refractivity contribution >= 4 is 23.5 Å².